The molecular weight excluding hydrogens is 224 g/mol. The average molecular weight is 246 g/mol. The zero-order chi connectivity index (χ0) is 12.8. The maximum atomic E-state index is 11.1. The molecule has 1 aromatic carbocycles. The number of primary amides is 1. The first-order valence-electron chi connectivity index (χ1n) is 6.88. The zero-order valence-corrected chi connectivity index (χ0v) is 10.8. The van der Waals surface area contributed by atoms with Crippen LogP contribution >= 0.6 is 0 Å². The van der Waals surface area contributed by atoms with Crippen molar-refractivity contribution in [3.63, 3.8) is 0 Å². The molecule has 0 aliphatic heterocycles. The van der Waals surface area contributed by atoms with Gasteiger partial charge >= 0.3 is 0 Å². The van der Waals surface area contributed by atoms with Gasteiger partial charge in [-0.1, -0.05) is 37.8 Å². The van der Waals surface area contributed by atoms with Crippen molar-refractivity contribution in [3.05, 3.63) is 35.4 Å². The molecule has 2 rings (SSSR count). The van der Waals surface area contributed by atoms with E-state index >= 15 is 0 Å². The van der Waals surface area contributed by atoms with Gasteiger partial charge in [0, 0.05) is 18.2 Å². The molecular formula is C15H22N2O. The summed E-state index contributed by atoms with van der Waals surface area (Å²) < 4.78 is 0. The van der Waals surface area contributed by atoms with Gasteiger partial charge in [-0.2, -0.15) is 0 Å². The molecule has 1 aromatic rings. The molecule has 0 aromatic heterocycles. The Morgan fingerprint density at radius 1 is 1.22 bits per heavy atom. The molecule has 3 heteroatoms. The quantitative estimate of drug-likeness (QED) is 0.802. The molecule has 1 aliphatic carbocycles. The first-order valence-corrected chi connectivity index (χ1v) is 6.88. The molecule has 0 heterocycles. The summed E-state index contributed by atoms with van der Waals surface area (Å²) in [6, 6.07) is 8.20. The van der Waals surface area contributed by atoms with E-state index in [-0.39, 0.29) is 5.91 Å². The van der Waals surface area contributed by atoms with Crippen molar-refractivity contribution in [2.45, 2.75) is 51.1 Å². The molecule has 18 heavy (non-hydrogen) atoms. The SMILES string of the molecule is NC(=O)c1cccc(CNC2CCCCCC2)c1. The number of hydrogen-bond donors (Lipinski definition) is 2. The lowest BCUT2D eigenvalue weighted by Gasteiger charge is -2.16. The van der Waals surface area contributed by atoms with Gasteiger partial charge in [0.25, 0.3) is 0 Å². The van der Waals surface area contributed by atoms with Gasteiger partial charge < -0.3 is 11.1 Å². The number of nitrogens with two attached hydrogens (primary N) is 1. The Morgan fingerprint density at radius 3 is 2.61 bits per heavy atom. The van der Waals surface area contributed by atoms with Crippen molar-refractivity contribution >= 4 is 5.91 Å². The minimum absolute atomic E-state index is 0.355. The summed E-state index contributed by atoms with van der Waals surface area (Å²) >= 11 is 0. The van der Waals surface area contributed by atoms with Crippen LogP contribution in [0.4, 0.5) is 0 Å². The van der Waals surface area contributed by atoms with E-state index in [2.05, 4.69) is 5.32 Å². The largest absolute Gasteiger partial charge is 0.366 e. The highest BCUT2D eigenvalue weighted by atomic mass is 16.1. The standard InChI is InChI=1S/C15H22N2O/c16-15(18)13-7-5-6-12(10-13)11-17-14-8-3-1-2-4-9-14/h5-7,10,14,17H,1-4,8-9,11H2,(H2,16,18). The van der Waals surface area contributed by atoms with Gasteiger partial charge in [-0.3, -0.25) is 4.79 Å². The molecule has 0 spiro atoms. The van der Waals surface area contributed by atoms with Crippen LogP contribution < -0.4 is 11.1 Å². The van der Waals surface area contributed by atoms with Gasteiger partial charge in [-0.05, 0) is 30.5 Å². The van der Waals surface area contributed by atoms with Crippen LogP contribution in [-0.4, -0.2) is 11.9 Å². The molecule has 0 saturated heterocycles. The number of carbonyl (C=O) groups excluding carboxylic acids is 1. The van der Waals surface area contributed by atoms with Crippen LogP contribution in [0.25, 0.3) is 0 Å². The van der Waals surface area contributed by atoms with E-state index in [1.165, 1.54) is 38.5 Å². The second kappa shape index (κ2) is 6.55. The van der Waals surface area contributed by atoms with Crippen LogP contribution in [0.3, 0.4) is 0 Å². The number of hydrogen-bond acceptors (Lipinski definition) is 2. The Hall–Kier alpha value is -1.35. The molecule has 1 aliphatic rings. The third-order valence-electron chi connectivity index (χ3n) is 3.66. The second-order valence-electron chi connectivity index (χ2n) is 5.13. The Morgan fingerprint density at radius 2 is 1.94 bits per heavy atom. The molecule has 0 radical (unpaired) electrons. The lowest BCUT2D eigenvalue weighted by atomic mass is 10.1. The lowest BCUT2D eigenvalue weighted by molar-refractivity contribution is 0.1000. The lowest BCUT2D eigenvalue weighted by Crippen LogP contribution is -2.28. The van der Waals surface area contributed by atoms with Crippen molar-refractivity contribution in [1.29, 1.82) is 0 Å². The molecule has 98 valence electrons. The molecule has 1 saturated carbocycles. The Kier molecular flexibility index (Phi) is 4.76. The molecule has 3 N–H and O–H groups in total. The minimum atomic E-state index is -0.355. The smallest absolute Gasteiger partial charge is 0.248 e. The maximum absolute atomic E-state index is 11.1. The van der Waals surface area contributed by atoms with Crippen LogP contribution in [0.2, 0.25) is 0 Å². The Labute approximate surface area is 109 Å². The maximum Gasteiger partial charge on any atom is 0.248 e. The highest BCUT2D eigenvalue weighted by Gasteiger charge is 2.11. The fraction of sp³-hybridized carbons (Fsp3) is 0.533. The van der Waals surface area contributed by atoms with Crippen LogP contribution in [0.5, 0.6) is 0 Å². The number of amides is 1. The van der Waals surface area contributed by atoms with E-state index in [1.807, 2.05) is 18.2 Å². The van der Waals surface area contributed by atoms with E-state index in [0.717, 1.165) is 12.1 Å². The van der Waals surface area contributed by atoms with Gasteiger partial charge in [0.2, 0.25) is 5.91 Å². The summed E-state index contributed by atoms with van der Waals surface area (Å²) in [7, 11) is 0. The fourth-order valence-electron chi connectivity index (χ4n) is 2.58. The van der Waals surface area contributed by atoms with Gasteiger partial charge in [0.1, 0.15) is 0 Å². The Bertz CT molecular complexity index is 395. The number of benzene rings is 1. The summed E-state index contributed by atoms with van der Waals surface area (Å²) in [5, 5.41) is 3.59. The van der Waals surface area contributed by atoms with Crippen molar-refractivity contribution < 1.29 is 4.79 Å². The first kappa shape index (κ1) is 13.1. The van der Waals surface area contributed by atoms with E-state index in [9.17, 15) is 4.79 Å². The van der Waals surface area contributed by atoms with Gasteiger partial charge in [-0.25, -0.2) is 0 Å². The monoisotopic (exact) mass is 246 g/mol. The number of carbonyl (C=O) groups is 1. The summed E-state index contributed by atoms with van der Waals surface area (Å²) in [6.07, 6.45) is 7.95. The van der Waals surface area contributed by atoms with Gasteiger partial charge in [0.05, 0.1) is 0 Å². The van der Waals surface area contributed by atoms with Crippen molar-refractivity contribution in [2.75, 3.05) is 0 Å². The first-order chi connectivity index (χ1) is 8.75. The number of nitrogens with one attached hydrogen (secondary N) is 1. The predicted molar refractivity (Wildman–Crippen MR) is 73.3 cm³/mol. The molecule has 0 bridgehead atoms. The van der Waals surface area contributed by atoms with Crippen molar-refractivity contribution in [3.8, 4) is 0 Å². The van der Waals surface area contributed by atoms with Crippen LogP contribution in [0.15, 0.2) is 24.3 Å². The second-order valence-corrected chi connectivity index (χ2v) is 5.13. The molecule has 3 nitrogen and oxygen atoms in total. The third kappa shape index (κ3) is 3.84. The molecule has 0 unspecified atom stereocenters. The fourth-order valence-corrected chi connectivity index (χ4v) is 2.58. The average Bonchev–Trinajstić information content (AvgIpc) is 2.65. The van der Waals surface area contributed by atoms with Crippen LogP contribution in [0, 0.1) is 0 Å². The molecule has 1 fully saturated rings. The minimum Gasteiger partial charge on any atom is -0.366 e. The summed E-state index contributed by atoms with van der Waals surface area (Å²) in [6.45, 7) is 0.825. The summed E-state index contributed by atoms with van der Waals surface area (Å²) in [5.41, 5.74) is 7.01. The molecule has 0 atom stereocenters. The molecule has 1 amide bonds. The highest BCUT2D eigenvalue weighted by Crippen LogP contribution is 2.17. The zero-order valence-electron chi connectivity index (χ0n) is 10.8. The van der Waals surface area contributed by atoms with Crippen molar-refractivity contribution in [1.82, 2.24) is 5.32 Å². The van der Waals surface area contributed by atoms with Gasteiger partial charge in [-0.15, -0.1) is 0 Å². The summed E-state index contributed by atoms with van der Waals surface area (Å²) in [4.78, 5) is 11.1. The van der Waals surface area contributed by atoms with Crippen LogP contribution in [0.1, 0.15) is 54.4 Å². The number of rotatable bonds is 4. The van der Waals surface area contributed by atoms with Crippen LogP contribution in [-0.2, 0) is 6.54 Å². The topological polar surface area (TPSA) is 55.1 Å². The third-order valence-corrected chi connectivity index (χ3v) is 3.66. The van der Waals surface area contributed by atoms with E-state index in [1.54, 1.807) is 6.07 Å². The van der Waals surface area contributed by atoms with Crippen molar-refractivity contribution in [2.24, 2.45) is 5.73 Å². The summed E-state index contributed by atoms with van der Waals surface area (Å²) in [5.74, 6) is -0.355. The Balaban J connectivity index is 1.88. The predicted octanol–water partition coefficient (Wildman–Crippen LogP) is 2.60. The van der Waals surface area contributed by atoms with E-state index in [0.29, 0.717) is 11.6 Å². The normalized spacial score (nSPS) is 17.3. The highest BCUT2D eigenvalue weighted by molar-refractivity contribution is 5.92. The van der Waals surface area contributed by atoms with E-state index < -0.39 is 0 Å². The van der Waals surface area contributed by atoms with Gasteiger partial charge in [0.15, 0.2) is 0 Å². The van der Waals surface area contributed by atoms with E-state index in [4.69, 9.17) is 5.73 Å².